The molecule has 0 saturated heterocycles. The molecule has 0 fully saturated rings. The number of imidazole rings is 1. The predicted molar refractivity (Wildman–Crippen MR) is 76.0 cm³/mol. The summed E-state index contributed by atoms with van der Waals surface area (Å²) in [6, 6.07) is 12.8. The maximum Gasteiger partial charge on any atom is 0.138 e. The summed E-state index contributed by atoms with van der Waals surface area (Å²) < 4.78 is 7.55. The van der Waals surface area contributed by atoms with Crippen molar-refractivity contribution in [2.24, 2.45) is 0 Å². The minimum absolute atomic E-state index is 0.395. The Morgan fingerprint density at radius 3 is 2.63 bits per heavy atom. The quantitative estimate of drug-likeness (QED) is 0.676. The van der Waals surface area contributed by atoms with Gasteiger partial charge in [0.05, 0.1) is 11.9 Å². The second kappa shape index (κ2) is 5.11. The van der Waals surface area contributed by atoms with Crippen molar-refractivity contribution in [1.29, 1.82) is 0 Å². The van der Waals surface area contributed by atoms with Gasteiger partial charge in [0, 0.05) is 5.02 Å². The fourth-order valence-electron chi connectivity index (χ4n) is 1.85. The molecule has 2 heterocycles. The van der Waals surface area contributed by atoms with E-state index in [1.807, 2.05) is 34.7 Å². The summed E-state index contributed by atoms with van der Waals surface area (Å²) in [5.41, 5.74) is 1.71. The van der Waals surface area contributed by atoms with Gasteiger partial charge in [0.1, 0.15) is 23.2 Å². The number of ether oxygens (including phenoxy) is 1. The summed E-state index contributed by atoms with van der Waals surface area (Å²) in [5, 5.41) is 1.30. The molecule has 5 heteroatoms. The number of fused-ring (bicyclic) bond motifs is 1. The second-order valence-corrected chi connectivity index (χ2v) is 4.86. The number of hydrogen-bond acceptors (Lipinski definition) is 2. The van der Waals surface area contributed by atoms with Crippen molar-refractivity contribution in [2.45, 2.75) is 6.61 Å². The number of nitrogens with zero attached hydrogens (tertiary/aromatic N) is 2. The summed E-state index contributed by atoms with van der Waals surface area (Å²) >= 11 is 12.0. The molecular weight excluding hydrogens is 283 g/mol. The highest BCUT2D eigenvalue weighted by Crippen LogP contribution is 2.19. The smallest absolute Gasteiger partial charge is 0.138 e. The third kappa shape index (κ3) is 2.53. The van der Waals surface area contributed by atoms with Gasteiger partial charge in [0.2, 0.25) is 0 Å². The Kier molecular flexibility index (Phi) is 3.32. The van der Waals surface area contributed by atoms with Crippen LogP contribution in [0, 0.1) is 0 Å². The van der Waals surface area contributed by atoms with Gasteiger partial charge < -0.3 is 4.74 Å². The van der Waals surface area contributed by atoms with Crippen LogP contribution in [0.4, 0.5) is 0 Å². The van der Waals surface area contributed by atoms with E-state index in [0.29, 0.717) is 16.8 Å². The van der Waals surface area contributed by atoms with Gasteiger partial charge in [0.15, 0.2) is 0 Å². The zero-order valence-electron chi connectivity index (χ0n) is 9.88. The average molecular weight is 293 g/mol. The van der Waals surface area contributed by atoms with Crippen molar-refractivity contribution in [3.8, 4) is 5.75 Å². The maximum atomic E-state index is 6.16. The molecule has 0 spiro atoms. The Morgan fingerprint density at radius 1 is 1.05 bits per heavy atom. The van der Waals surface area contributed by atoms with Crippen LogP contribution < -0.4 is 4.74 Å². The fourth-order valence-corrected chi connectivity index (χ4v) is 2.24. The lowest BCUT2D eigenvalue weighted by atomic mass is 10.3. The van der Waals surface area contributed by atoms with E-state index in [0.717, 1.165) is 17.1 Å². The molecule has 19 heavy (non-hydrogen) atoms. The van der Waals surface area contributed by atoms with Gasteiger partial charge in [-0.2, -0.15) is 0 Å². The Morgan fingerprint density at radius 2 is 1.84 bits per heavy atom. The number of benzene rings is 1. The highest BCUT2D eigenvalue weighted by atomic mass is 35.5. The van der Waals surface area contributed by atoms with Crippen molar-refractivity contribution < 1.29 is 4.74 Å². The second-order valence-electron chi connectivity index (χ2n) is 4.03. The molecule has 96 valence electrons. The van der Waals surface area contributed by atoms with Crippen molar-refractivity contribution in [1.82, 2.24) is 9.38 Å². The summed E-state index contributed by atoms with van der Waals surface area (Å²) in [6.07, 6.45) is 1.76. The maximum absolute atomic E-state index is 6.16. The molecule has 1 aromatic carbocycles. The number of hydrogen-bond donors (Lipinski definition) is 0. The first-order valence-electron chi connectivity index (χ1n) is 5.73. The fraction of sp³-hybridized carbons (Fsp3) is 0.0714. The standard InChI is InChI=1S/C14H10Cl2N2O/c15-10-4-6-12(7-5-10)19-9-11-8-17-14-3-1-2-13(16)18(11)14/h1-8H,9H2. The molecule has 0 aliphatic carbocycles. The van der Waals surface area contributed by atoms with Gasteiger partial charge in [-0.25, -0.2) is 4.98 Å². The van der Waals surface area contributed by atoms with Gasteiger partial charge in [-0.05, 0) is 36.4 Å². The van der Waals surface area contributed by atoms with Crippen molar-refractivity contribution >= 4 is 28.8 Å². The summed E-state index contributed by atoms with van der Waals surface area (Å²) in [6.45, 7) is 0.395. The van der Waals surface area contributed by atoms with Gasteiger partial charge in [-0.1, -0.05) is 29.3 Å². The lowest BCUT2D eigenvalue weighted by Gasteiger charge is -2.07. The molecule has 0 amide bonds. The van der Waals surface area contributed by atoms with Crippen LogP contribution in [0.15, 0.2) is 48.7 Å². The monoisotopic (exact) mass is 292 g/mol. The molecule has 0 aliphatic heterocycles. The molecule has 0 radical (unpaired) electrons. The molecule has 0 aliphatic rings. The van der Waals surface area contributed by atoms with E-state index in [-0.39, 0.29) is 0 Å². The molecule has 0 N–H and O–H groups in total. The first kappa shape index (κ1) is 12.3. The van der Waals surface area contributed by atoms with Gasteiger partial charge in [-0.3, -0.25) is 4.40 Å². The molecule has 3 nitrogen and oxygen atoms in total. The van der Waals surface area contributed by atoms with E-state index >= 15 is 0 Å². The first-order valence-corrected chi connectivity index (χ1v) is 6.49. The first-order chi connectivity index (χ1) is 9.24. The molecule has 0 atom stereocenters. The number of halogens is 2. The third-order valence-electron chi connectivity index (χ3n) is 2.76. The molecule has 0 unspecified atom stereocenters. The molecule has 0 bridgehead atoms. The third-order valence-corrected chi connectivity index (χ3v) is 3.30. The van der Waals surface area contributed by atoms with Crippen LogP contribution >= 0.6 is 23.2 Å². The Hall–Kier alpha value is -1.71. The van der Waals surface area contributed by atoms with Crippen LogP contribution in [0.1, 0.15) is 5.69 Å². The molecule has 0 saturated carbocycles. The van der Waals surface area contributed by atoms with Crippen LogP contribution in [0.5, 0.6) is 5.75 Å². The van der Waals surface area contributed by atoms with Crippen molar-refractivity contribution in [2.75, 3.05) is 0 Å². The van der Waals surface area contributed by atoms with E-state index < -0.39 is 0 Å². The van der Waals surface area contributed by atoms with Crippen molar-refractivity contribution in [3.05, 3.63) is 64.5 Å². The zero-order valence-corrected chi connectivity index (χ0v) is 11.4. The molecule has 2 aromatic heterocycles. The minimum Gasteiger partial charge on any atom is -0.487 e. The summed E-state index contributed by atoms with van der Waals surface area (Å²) in [7, 11) is 0. The largest absolute Gasteiger partial charge is 0.487 e. The average Bonchev–Trinajstić information content (AvgIpc) is 2.83. The van der Waals surface area contributed by atoms with Gasteiger partial charge in [0.25, 0.3) is 0 Å². The van der Waals surface area contributed by atoms with Crippen LogP contribution in [-0.4, -0.2) is 9.38 Å². The summed E-state index contributed by atoms with van der Waals surface area (Å²) in [5.74, 6) is 0.756. The topological polar surface area (TPSA) is 26.5 Å². The van der Waals surface area contributed by atoms with Crippen LogP contribution in [0.3, 0.4) is 0 Å². The lowest BCUT2D eigenvalue weighted by molar-refractivity contribution is 0.300. The van der Waals surface area contributed by atoms with Crippen LogP contribution in [0.25, 0.3) is 5.65 Å². The van der Waals surface area contributed by atoms with Crippen LogP contribution in [-0.2, 0) is 6.61 Å². The SMILES string of the molecule is Clc1ccc(OCc2cnc3cccc(Cl)n23)cc1. The van der Waals surface area contributed by atoms with Crippen molar-refractivity contribution in [3.63, 3.8) is 0 Å². The van der Waals surface area contributed by atoms with Gasteiger partial charge in [-0.15, -0.1) is 0 Å². The summed E-state index contributed by atoms with van der Waals surface area (Å²) in [4.78, 5) is 4.28. The van der Waals surface area contributed by atoms with E-state index in [2.05, 4.69) is 4.98 Å². The Balaban J connectivity index is 1.84. The number of pyridine rings is 1. The van der Waals surface area contributed by atoms with Gasteiger partial charge >= 0.3 is 0 Å². The lowest BCUT2D eigenvalue weighted by Crippen LogP contribution is -2.00. The highest BCUT2D eigenvalue weighted by molar-refractivity contribution is 6.30. The molecular formula is C14H10Cl2N2O. The van der Waals surface area contributed by atoms with E-state index in [1.165, 1.54) is 0 Å². The Labute approximate surface area is 120 Å². The minimum atomic E-state index is 0.395. The Bertz CT molecular complexity index is 707. The predicted octanol–water partition coefficient (Wildman–Crippen LogP) is 4.22. The number of aromatic nitrogens is 2. The van der Waals surface area contributed by atoms with E-state index in [1.54, 1.807) is 18.3 Å². The normalized spacial score (nSPS) is 10.8. The zero-order chi connectivity index (χ0) is 13.2. The highest BCUT2D eigenvalue weighted by Gasteiger charge is 2.06. The van der Waals surface area contributed by atoms with Crippen LogP contribution in [0.2, 0.25) is 10.2 Å². The van der Waals surface area contributed by atoms with E-state index in [9.17, 15) is 0 Å². The molecule has 3 aromatic rings. The van der Waals surface area contributed by atoms with E-state index in [4.69, 9.17) is 27.9 Å². The number of rotatable bonds is 3. The molecule has 3 rings (SSSR count).